The van der Waals surface area contributed by atoms with E-state index < -0.39 is 18.1 Å². The summed E-state index contributed by atoms with van der Waals surface area (Å²) in [7, 11) is 1.75. The van der Waals surface area contributed by atoms with E-state index in [1.807, 2.05) is 37.4 Å². The maximum Gasteiger partial charge on any atom is 0.323 e. The fourth-order valence-electron chi connectivity index (χ4n) is 4.63. The number of hydrogen-bond donors (Lipinski definition) is 3. The predicted octanol–water partition coefficient (Wildman–Crippen LogP) is 1.94. The van der Waals surface area contributed by atoms with Crippen molar-refractivity contribution >= 4 is 17.0 Å². The molecule has 10 heteroatoms. The number of aliphatic hydroxyl groups excluding tert-OH is 1. The number of aryl methyl sites for hydroxylation is 2. The van der Waals surface area contributed by atoms with Gasteiger partial charge in [-0.3, -0.25) is 14.9 Å². The summed E-state index contributed by atoms with van der Waals surface area (Å²) in [5, 5.41) is 21.6. The van der Waals surface area contributed by atoms with E-state index in [1.54, 1.807) is 11.6 Å². The summed E-state index contributed by atoms with van der Waals surface area (Å²) >= 11 is 0. The van der Waals surface area contributed by atoms with Crippen molar-refractivity contribution in [3.05, 3.63) is 46.4 Å². The third-order valence-electron chi connectivity index (χ3n) is 6.61. The molecule has 0 spiro atoms. The van der Waals surface area contributed by atoms with Gasteiger partial charge in [-0.15, -0.1) is 0 Å². The molecule has 0 aliphatic carbocycles. The van der Waals surface area contributed by atoms with Crippen molar-refractivity contribution in [3.8, 4) is 17.1 Å². The zero-order valence-corrected chi connectivity index (χ0v) is 20.9. The summed E-state index contributed by atoms with van der Waals surface area (Å²) in [4.78, 5) is 28.4. The van der Waals surface area contributed by atoms with Crippen molar-refractivity contribution in [1.29, 1.82) is 0 Å². The minimum Gasteiger partial charge on any atom is -0.492 e. The molecule has 2 aromatic heterocycles. The molecule has 0 radical (unpaired) electrons. The van der Waals surface area contributed by atoms with Crippen molar-refractivity contribution in [1.82, 2.24) is 19.4 Å². The van der Waals surface area contributed by atoms with Gasteiger partial charge in [0.15, 0.2) is 0 Å². The first-order chi connectivity index (χ1) is 17.2. The second kappa shape index (κ2) is 11.2. The average Bonchev–Trinajstić information content (AvgIpc) is 3.20. The van der Waals surface area contributed by atoms with E-state index in [4.69, 9.17) is 14.5 Å². The highest BCUT2D eigenvalue weighted by Gasteiger charge is 2.22. The van der Waals surface area contributed by atoms with Crippen LogP contribution in [0.3, 0.4) is 0 Å². The number of aliphatic hydroxyl groups is 1. The average molecular weight is 499 g/mol. The summed E-state index contributed by atoms with van der Waals surface area (Å²) < 4.78 is 15.2. The van der Waals surface area contributed by atoms with E-state index in [2.05, 4.69) is 9.88 Å². The second-order valence-electron chi connectivity index (χ2n) is 9.44. The Morgan fingerprint density at radius 3 is 2.72 bits per heavy atom. The van der Waals surface area contributed by atoms with E-state index in [-0.39, 0.29) is 18.7 Å². The van der Waals surface area contributed by atoms with Crippen LogP contribution >= 0.6 is 0 Å². The Morgan fingerprint density at radius 2 is 2.06 bits per heavy atom. The van der Waals surface area contributed by atoms with Gasteiger partial charge < -0.3 is 28.8 Å². The van der Waals surface area contributed by atoms with Gasteiger partial charge >= 0.3 is 5.97 Å². The number of imidazole rings is 1. The number of nitrogens with one attached hydrogen (secondary N) is 1. The number of nitrogens with zero attached hydrogens (tertiary/aromatic N) is 3. The molecule has 1 aromatic carbocycles. The Bertz CT molecular complexity index is 1250. The van der Waals surface area contributed by atoms with Crippen molar-refractivity contribution < 1.29 is 24.5 Å². The second-order valence-corrected chi connectivity index (χ2v) is 9.44. The lowest BCUT2D eigenvalue weighted by Crippen LogP contribution is -2.46. The van der Waals surface area contributed by atoms with Gasteiger partial charge in [-0.1, -0.05) is 0 Å². The van der Waals surface area contributed by atoms with E-state index in [0.29, 0.717) is 17.2 Å². The Kier molecular flexibility index (Phi) is 8.07. The summed E-state index contributed by atoms with van der Waals surface area (Å²) in [6.45, 7) is 6.02. The maximum atomic E-state index is 12.3. The number of ether oxygens (including phenoxy) is 2. The molecule has 4 rings (SSSR count). The lowest BCUT2D eigenvalue weighted by atomic mass is 10.00. The lowest BCUT2D eigenvalue weighted by molar-refractivity contribution is -0.142. The molecule has 1 aliphatic heterocycles. The summed E-state index contributed by atoms with van der Waals surface area (Å²) in [6, 6.07) is 6.53. The van der Waals surface area contributed by atoms with Gasteiger partial charge in [0.2, 0.25) is 0 Å². The predicted molar refractivity (Wildman–Crippen MR) is 135 cm³/mol. The monoisotopic (exact) mass is 498 g/mol. The number of aliphatic carboxylic acids is 1. The highest BCUT2D eigenvalue weighted by atomic mass is 16.5. The summed E-state index contributed by atoms with van der Waals surface area (Å²) in [5.74, 6) is 0.787. The zero-order chi connectivity index (χ0) is 25.8. The van der Waals surface area contributed by atoms with Crippen LogP contribution in [0.25, 0.3) is 22.4 Å². The van der Waals surface area contributed by atoms with Crippen molar-refractivity contribution in [2.45, 2.75) is 45.4 Å². The molecule has 0 amide bonds. The Balaban J connectivity index is 1.62. The van der Waals surface area contributed by atoms with Crippen LogP contribution in [0.1, 0.15) is 25.3 Å². The van der Waals surface area contributed by atoms with Crippen LogP contribution in [0.15, 0.2) is 35.3 Å². The smallest absolute Gasteiger partial charge is 0.323 e. The molecule has 3 N–H and O–H groups in total. The molecular weight excluding hydrogens is 464 g/mol. The zero-order valence-electron chi connectivity index (χ0n) is 20.9. The van der Waals surface area contributed by atoms with Gasteiger partial charge in [0.05, 0.1) is 17.1 Å². The molecule has 2 unspecified atom stereocenters. The highest BCUT2D eigenvalue weighted by molar-refractivity contribution is 5.82. The molecule has 1 aliphatic rings. The van der Waals surface area contributed by atoms with Gasteiger partial charge in [0, 0.05) is 56.7 Å². The van der Waals surface area contributed by atoms with Gasteiger partial charge in [-0.25, -0.2) is 4.98 Å². The number of pyridine rings is 1. The first kappa shape index (κ1) is 25.9. The van der Waals surface area contributed by atoms with E-state index in [1.165, 1.54) is 6.92 Å². The molecule has 3 heterocycles. The third kappa shape index (κ3) is 5.77. The van der Waals surface area contributed by atoms with E-state index in [9.17, 15) is 19.8 Å². The molecule has 1 saturated heterocycles. The molecule has 1 fully saturated rings. The number of rotatable bonds is 10. The first-order valence-corrected chi connectivity index (χ1v) is 12.3. The summed E-state index contributed by atoms with van der Waals surface area (Å²) in [5.41, 5.74) is 3.27. The van der Waals surface area contributed by atoms with E-state index in [0.717, 1.165) is 55.0 Å². The first-order valence-electron chi connectivity index (χ1n) is 12.3. The lowest BCUT2D eigenvalue weighted by Gasteiger charge is -2.23. The van der Waals surface area contributed by atoms with Crippen LogP contribution < -0.4 is 15.6 Å². The number of fused-ring (bicyclic) bond motifs is 1. The largest absolute Gasteiger partial charge is 0.492 e. The Morgan fingerprint density at radius 1 is 1.31 bits per heavy atom. The van der Waals surface area contributed by atoms with Crippen LogP contribution in [0.2, 0.25) is 0 Å². The van der Waals surface area contributed by atoms with Crippen LogP contribution in [-0.2, 0) is 23.1 Å². The van der Waals surface area contributed by atoms with Crippen LogP contribution in [0.5, 0.6) is 5.75 Å². The normalized spacial score (nSPS) is 16.2. The van der Waals surface area contributed by atoms with Crippen LogP contribution in [-0.4, -0.2) is 68.8 Å². The number of carboxylic acid groups (broad SMARTS) is 1. The van der Waals surface area contributed by atoms with Gasteiger partial charge in [-0.2, -0.15) is 0 Å². The minimum absolute atomic E-state index is 0.0316. The standard InChI is InChI=1S/C26H34N4O6/c1-16-12-19(15-29(3)25(16)32)24-28-21-5-4-20(36-11-8-27-23(17(2)31)26(33)34)13-22(21)30(24)14-18-6-9-35-10-7-18/h4-5,12-13,15,17-18,23,27,31H,6-11,14H2,1-3H3,(H,33,34). The third-order valence-corrected chi connectivity index (χ3v) is 6.61. The van der Waals surface area contributed by atoms with Gasteiger partial charge in [0.25, 0.3) is 5.56 Å². The minimum atomic E-state index is -1.11. The molecule has 2 atom stereocenters. The van der Waals surface area contributed by atoms with Crippen molar-refractivity contribution in [3.63, 3.8) is 0 Å². The number of hydrogen-bond acceptors (Lipinski definition) is 7. The Labute approximate surface area is 209 Å². The maximum absolute atomic E-state index is 12.3. The fourth-order valence-corrected chi connectivity index (χ4v) is 4.63. The molecule has 0 saturated carbocycles. The molecule has 0 bridgehead atoms. The highest BCUT2D eigenvalue weighted by Crippen LogP contribution is 2.30. The SMILES string of the molecule is Cc1cc(-c2nc3ccc(OCCNC(C(=O)O)C(C)O)cc3n2CC2CCOCC2)cn(C)c1=O. The summed E-state index contributed by atoms with van der Waals surface area (Å²) in [6.07, 6.45) is 2.75. The van der Waals surface area contributed by atoms with E-state index >= 15 is 0 Å². The number of carboxylic acids is 1. The fraction of sp³-hybridized carbons (Fsp3) is 0.500. The molecule has 3 aromatic rings. The molecule has 36 heavy (non-hydrogen) atoms. The number of carbonyl (C=O) groups is 1. The molecule has 10 nitrogen and oxygen atoms in total. The van der Waals surface area contributed by atoms with Crippen LogP contribution in [0.4, 0.5) is 0 Å². The topological polar surface area (TPSA) is 128 Å². The van der Waals surface area contributed by atoms with Gasteiger partial charge in [0.1, 0.15) is 24.2 Å². The van der Waals surface area contributed by atoms with Crippen molar-refractivity contribution in [2.24, 2.45) is 13.0 Å². The Hall–Kier alpha value is -3.21. The quantitative estimate of drug-likeness (QED) is 0.362. The number of benzene rings is 1. The van der Waals surface area contributed by atoms with Gasteiger partial charge in [-0.05, 0) is 50.8 Å². The van der Waals surface area contributed by atoms with Crippen molar-refractivity contribution in [2.75, 3.05) is 26.4 Å². The molecular formula is C26H34N4O6. The molecule has 194 valence electrons. The number of aromatic nitrogens is 3. The van der Waals surface area contributed by atoms with Crippen LogP contribution in [0, 0.1) is 12.8 Å².